The quantitative estimate of drug-likeness (QED) is 0.748. The van der Waals surface area contributed by atoms with E-state index in [1.165, 1.54) is 24.8 Å². The highest BCUT2D eigenvalue weighted by Gasteiger charge is 2.42. The summed E-state index contributed by atoms with van der Waals surface area (Å²) < 4.78 is 5.84. The molecule has 0 saturated carbocycles. The maximum Gasteiger partial charge on any atom is 0.0806 e. The zero-order valence-corrected chi connectivity index (χ0v) is 11.4. The summed E-state index contributed by atoms with van der Waals surface area (Å²) in [7, 11) is 0. The summed E-state index contributed by atoms with van der Waals surface area (Å²) in [5, 5.41) is 10.6. The standard InChI is InChI=1S/C15H26O2/c1-10-11(2)17-12(3)14(10)15(16)13-8-6-4-5-7-9-13/h8,10-12,14-16H,4-7,9H2,1-3H3. The summed E-state index contributed by atoms with van der Waals surface area (Å²) in [6.07, 6.45) is 8.46. The first-order chi connectivity index (χ1) is 8.11. The fourth-order valence-electron chi connectivity index (χ4n) is 3.39. The van der Waals surface area contributed by atoms with Crippen molar-refractivity contribution in [2.45, 2.75) is 71.2 Å². The molecule has 1 aliphatic carbocycles. The lowest BCUT2D eigenvalue weighted by atomic mass is 9.81. The maximum absolute atomic E-state index is 10.6. The topological polar surface area (TPSA) is 29.5 Å². The van der Waals surface area contributed by atoms with Crippen LogP contribution in [0.4, 0.5) is 0 Å². The summed E-state index contributed by atoms with van der Waals surface area (Å²) in [5.74, 6) is 0.721. The summed E-state index contributed by atoms with van der Waals surface area (Å²) in [6.45, 7) is 6.43. The van der Waals surface area contributed by atoms with E-state index >= 15 is 0 Å². The molecule has 2 nitrogen and oxygen atoms in total. The second-order valence-corrected chi connectivity index (χ2v) is 5.81. The minimum Gasteiger partial charge on any atom is -0.388 e. The molecule has 0 aromatic rings. The van der Waals surface area contributed by atoms with Crippen LogP contribution in [0, 0.1) is 11.8 Å². The minimum absolute atomic E-state index is 0.180. The van der Waals surface area contributed by atoms with Crippen LogP contribution in [0.25, 0.3) is 0 Å². The molecule has 98 valence electrons. The lowest BCUT2D eigenvalue weighted by Crippen LogP contribution is -2.32. The number of aliphatic hydroxyl groups excluding tert-OH is 1. The van der Waals surface area contributed by atoms with Gasteiger partial charge in [0.15, 0.2) is 0 Å². The van der Waals surface area contributed by atoms with Gasteiger partial charge in [-0.25, -0.2) is 0 Å². The first-order valence-electron chi connectivity index (χ1n) is 7.13. The number of hydrogen-bond donors (Lipinski definition) is 1. The van der Waals surface area contributed by atoms with E-state index in [0.29, 0.717) is 5.92 Å². The molecule has 0 amide bonds. The summed E-state index contributed by atoms with van der Waals surface area (Å²) in [5.41, 5.74) is 1.27. The molecule has 1 aliphatic heterocycles. The smallest absolute Gasteiger partial charge is 0.0806 e. The molecular formula is C15H26O2. The molecule has 1 fully saturated rings. The minimum atomic E-state index is -0.289. The van der Waals surface area contributed by atoms with Crippen LogP contribution in [0.15, 0.2) is 11.6 Å². The fraction of sp³-hybridized carbons (Fsp3) is 0.867. The van der Waals surface area contributed by atoms with Gasteiger partial charge >= 0.3 is 0 Å². The molecule has 0 radical (unpaired) electrons. The number of allylic oxidation sites excluding steroid dienone is 1. The Bertz CT molecular complexity index is 285. The largest absolute Gasteiger partial charge is 0.388 e. The van der Waals surface area contributed by atoms with Crippen LogP contribution >= 0.6 is 0 Å². The monoisotopic (exact) mass is 238 g/mol. The predicted molar refractivity (Wildman–Crippen MR) is 69.8 cm³/mol. The Morgan fingerprint density at radius 2 is 1.94 bits per heavy atom. The Kier molecular flexibility index (Phi) is 4.26. The molecule has 0 aromatic carbocycles. The van der Waals surface area contributed by atoms with Gasteiger partial charge < -0.3 is 9.84 Å². The third kappa shape index (κ3) is 2.74. The highest BCUT2D eigenvalue weighted by Crippen LogP contribution is 2.38. The molecule has 0 aromatic heterocycles. The molecule has 0 bridgehead atoms. The van der Waals surface area contributed by atoms with Crippen LogP contribution < -0.4 is 0 Å². The summed E-state index contributed by atoms with van der Waals surface area (Å²) in [4.78, 5) is 0. The highest BCUT2D eigenvalue weighted by molar-refractivity contribution is 5.13. The van der Waals surface area contributed by atoms with E-state index in [0.717, 1.165) is 12.8 Å². The lowest BCUT2D eigenvalue weighted by Gasteiger charge is -2.26. The van der Waals surface area contributed by atoms with Gasteiger partial charge in [-0.1, -0.05) is 19.4 Å². The van der Waals surface area contributed by atoms with Gasteiger partial charge in [-0.05, 0) is 51.0 Å². The van der Waals surface area contributed by atoms with Gasteiger partial charge in [0.05, 0.1) is 18.3 Å². The van der Waals surface area contributed by atoms with Crippen molar-refractivity contribution in [2.24, 2.45) is 11.8 Å². The molecule has 1 heterocycles. The number of hydrogen-bond acceptors (Lipinski definition) is 2. The predicted octanol–water partition coefficient (Wildman–Crippen LogP) is 3.30. The van der Waals surface area contributed by atoms with Crippen molar-refractivity contribution in [3.63, 3.8) is 0 Å². The number of ether oxygens (including phenoxy) is 1. The van der Waals surface area contributed by atoms with Gasteiger partial charge in [-0.3, -0.25) is 0 Å². The van der Waals surface area contributed by atoms with Gasteiger partial charge in [0.1, 0.15) is 0 Å². The molecule has 5 unspecified atom stereocenters. The third-order valence-corrected chi connectivity index (χ3v) is 4.64. The summed E-state index contributed by atoms with van der Waals surface area (Å²) in [6, 6.07) is 0. The van der Waals surface area contributed by atoms with E-state index in [1.807, 2.05) is 0 Å². The average Bonchev–Trinajstić information content (AvgIpc) is 2.52. The van der Waals surface area contributed by atoms with Gasteiger partial charge in [-0.2, -0.15) is 0 Å². The molecule has 2 heteroatoms. The molecule has 17 heavy (non-hydrogen) atoms. The Labute approximate surface area is 105 Å². The van der Waals surface area contributed by atoms with Crippen LogP contribution in [-0.4, -0.2) is 23.4 Å². The van der Waals surface area contributed by atoms with E-state index in [9.17, 15) is 5.11 Å². The van der Waals surface area contributed by atoms with Gasteiger partial charge in [0.2, 0.25) is 0 Å². The second-order valence-electron chi connectivity index (χ2n) is 5.81. The first-order valence-corrected chi connectivity index (χ1v) is 7.13. The van der Waals surface area contributed by atoms with Crippen LogP contribution in [0.3, 0.4) is 0 Å². The van der Waals surface area contributed by atoms with Crippen LogP contribution in [0.2, 0.25) is 0 Å². The normalized spacial score (nSPS) is 40.8. The molecule has 0 spiro atoms. The third-order valence-electron chi connectivity index (χ3n) is 4.64. The van der Waals surface area contributed by atoms with Crippen molar-refractivity contribution in [3.05, 3.63) is 11.6 Å². The van der Waals surface area contributed by atoms with Gasteiger partial charge in [-0.15, -0.1) is 0 Å². The first kappa shape index (κ1) is 13.1. The molecule has 1 saturated heterocycles. The Hall–Kier alpha value is -0.340. The fourth-order valence-corrected chi connectivity index (χ4v) is 3.39. The lowest BCUT2D eigenvalue weighted by molar-refractivity contribution is 0.0323. The number of rotatable bonds is 2. The van der Waals surface area contributed by atoms with Crippen molar-refractivity contribution in [1.29, 1.82) is 0 Å². The van der Waals surface area contributed by atoms with Crippen LogP contribution in [0.1, 0.15) is 52.9 Å². The van der Waals surface area contributed by atoms with E-state index in [2.05, 4.69) is 26.8 Å². The van der Waals surface area contributed by atoms with Crippen molar-refractivity contribution in [3.8, 4) is 0 Å². The highest BCUT2D eigenvalue weighted by atomic mass is 16.5. The van der Waals surface area contributed by atoms with E-state index in [4.69, 9.17) is 4.74 Å². The molecule has 1 N–H and O–H groups in total. The summed E-state index contributed by atoms with van der Waals surface area (Å²) >= 11 is 0. The van der Waals surface area contributed by atoms with Crippen LogP contribution in [-0.2, 0) is 4.74 Å². The van der Waals surface area contributed by atoms with Crippen molar-refractivity contribution in [2.75, 3.05) is 0 Å². The second kappa shape index (κ2) is 5.53. The van der Waals surface area contributed by atoms with Crippen LogP contribution in [0.5, 0.6) is 0 Å². The Morgan fingerprint density at radius 1 is 1.18 bits per heavy atom. The van der Waals surface area contributed by atoms with E-state index in [1.54, 1.807) is 0 Å². The van der Waals surface area contributed by atoms with E-state index in [-0.39, 0.29) is 24.2 Å². The SMILES string of the molecule is CC1OC(C)C(C(O)C2=CCCCCC2)C1C. The Balaban J connectivity index is 2.08. The van der Waals surface area contributed by atoms with Gasteiger partial charge in [0, 0.05) is 5.92 Å². The molecule has 2 rings (SSSR count). The maximum atomic E-state index is 10.6. The molecule has 5 atom stereocenters. The van der Waals surface area contributed by atoms with Gasteiger partial charge in [0.25, 0.3) is 0 Å². The molecule has 2 aliphatic rings. The van der Waals surface area contributed by atoms with Crippen molar-refractivity contribution >= 4 is 0 Å². The zero-order chi connectivity index (χ0) is 12.4. The molecular weight excluding hydrogens is 212 g/mol. The van der Waals surface area contributed by atoms with Crippen molar-refractivity contribution in [1.82, 2.24) is 0 Å². The number of aliphatic hydroxyl groups is 1. The van der Waals surface area contributed by atoms with Crippen molar-refractivity contribution < 1.29 is 9.84 Å². The average molecular weight is 238 g/mol. The Morgan fingerprint density at radius 3 is 2.59 bits per heavy atom. The zero-order valence-electron chi connectivity index (χ0n) is 11.4. The van der Waals surface area contributed by atoms with E-state index < -0.39 is 0 Å².